The van der Waals surface area contributed by atoms with Crippen LogP contribution in [0.5, 0.6) is 0 Å². The number of amides is 1. The van der Waals surface area contributed by atoms with E-state index in [0.29, 0.717) is 17.7 Å². The highest BCUT2D eigenvalue weighted by molar-refractivity contribution is 5.94. The number of carbonyl (C=O) groups is 1. The Kier molecular flexibility index (Phi) is 3.53. The van der Waals surface area contributed by atoms with E-state index in [4.69, 9.17) is 5.11 Å². The summed E-state index contributed by atoms with van der Waals surface area (Å²) in [6, 6.07) is 4.29. The van der Waals surface area contributed by atoms with Crippen molar-refractivity contribution >= 4 is 11.6 Å². The number of nitro benzene ring substituents is 1. The van der Waals surface area contributed by atoms with E-state index in [1.54, 1.807) is 6.92 Å². The zero-order valence-corrected chi connectivity index (χ0v) is 10.7. The first-order chi connectivity index (χ1) is 8.97. The Bertz CT molecular complexity index is 523. The van der Waals surface area contributed by atoms with E-state index in [1.165, 1.54) is 18.2 Å². The summed E-state index contributed by atoms with van der Waals surface area (Å²) >= 11 is 0. The number of aryl methyl sites for hydroxylation is 1. The third-order valence-corrected chi connectivity index (χ3v) is 3.57. The van der Waals surface area contributed by atoms with Crippen LogP contribution in [0.1, 0.15) is 28.8 Å². The maximum atomic E-state index is 11.9. The highest BCUT2D eigenvalue weighted by Gasteiger charge is 2.42. The number of benzene rings is 1. The number of rotatable bonds is 5. The van der Waals surface area contributed by atoms with Gasteiger partial charge in [-0.25, -0.2) is 0 Å². The number of nitrogens with one attached hydrogen (secondary N) is 1. The standard InChI is InChI=1S/C13H16N2O4/c1-9-6-10(2-3-11(9)15(18)19)12(17)14-7-13(8-16)4-5-13/h2-3,6,16H,4-5,7-8H2,1H3,(H,14,17). The number of nitro groups is 1. The molecule has 0 bridgehead atoms. The first-order valence-electron chi connectivity index (χ1n) is 6.11. The molecule has 1 aromatic rings. The molecular weight excluding hydrogens is 248 g/mol. The lowest BCUT2D eigenvalue weighted by Crippen LogP contribution is -2.31. The highest BCUT2D eigenvalue weighted by atomic mass is 16.6. The molecule has 0 spiro atoms. The SMILES string of the molecule is Cc1cc(C(=O)NCC2(CO)CC2)ccc1[N+](=O)[O-]. The lowest BCUT2D eigenvalue weighted by molar-refractivity contribution is -0.385. The fourth-order valence-electron chi connectivity index (χ4n) is 1.94. The predicted octanol–water partition coefficient (Wildman–Crippen LogP) is 1.41. The van der Waals surface area contributed by atoms with Gasteiger partial charge in [-0.05, 0) is 31.9 Å². The molecule has 102 valence electrons. The lowest BCUT2D eigenvalue weighted by atomic mass is 10.1. The van der Waals surface area contributed by atoms with Crippen molar-refractivity contribution in [1.29, 1.82) is 0 Å². The van der Waals surface area contributed by atoms with Crippen LogP contribution in [0.15, 0.2) is 18.2 Å². The molecule has 19 heavy (non-hydrogen) atoms. The van der Waals surface area contributed by atoms with Gasteiger partial charge < -0.3 is 10.4 Å². The van der Waals surface area contributed by atoms with Gasteiger partial charge in [0.05, 0.1) is 11.5 Å². The summed E-state index contributed by atoms with van der Waals surface area (Å²) in [7, 11) is 0. The van der Waals surface area contributed by atoms with E-state index in [0.717, 1.165) is 12.8 Å². The number of carbonyl (C=O) groups excluding carboxylic acids is 1. The second-order valence-corrected chi connectivity index (χ2v) is 5.10. The zero-order valence-electron chi connectivity index (χ0n) is 10.7. The molecule has 0 saturated heterocycles. The van der Waals surface area contributed by atoms with Gasteiger partial charge >= 0.3 is 0 Å². The van der Waals surface area contributed by atoms with Gasteiger partial charge in [-0.2, -0.15) is 0 Å². The van der Waals surface area contributed by atoms with E-state index in [1.807, 2.05) is 0 Å². The molecular formula is C13H16N2O4. The van der Waals surface area contributed by atoms with Crippen molar-refractivity contribution in [3.63, 3.8) is 0 Å². The topological polar surface area (TPSA) is 92.5 Å². The molecule has 2 rings (SSSR count). The van der Waals surface area contributed by atoms with Crippen LogP contribution in [-0.4, -0.2) is 29.1 Å². The van der Waals surface area contributed by atoms with Crippen LogP contribution < -0.4 is 5.32 Å². The first-order valence-corrected chi connectivity index (χ1v) is 6.11. The van der Waals surface area contributed by atoms with Crippen molar-refractivity contribution in [1.82, 2.24) is 5.32 Å². The van der Waals surface area contributed by atoms with E-state index >= 15 is 0 Å². The number of aliphatic hydroxyl groups is 1. The average molecular weight is 264 g/mol. The van der Waals surface area contributed by atoms with E-state index < -0.39 is 4.92 Å². The fraction of sp³-hybridized carbons (Fsp3) is 0.462. The highest BCUT2D eigenvalue weighted by Crippen LogP contribution is 2.44. The smallest absolute Gasteiger partial charge is 0.272 e. The minimum atomic E-state index is -0.470. The molecule has 6 heteroatoms. The summed E-state index contributed by atoms with van der Waals surface area (Å²) in [4.78, 5) is 22.1. The van der Waals surface area contributed by atoms with Crippen molar-refractivity contribution in [3.8, 4) is 0 Å². The maximum Gasteiger partial charge on any atom is 0.272 e. The molecule has 1 aromatic carbocycles. The van der Waals surface area contributed by atoms with Crippen LogP contribution in [0.2, 0.25) is 0 Å². The molecule has 0 radical (unpaired) electrons. The molecule has 6 nitrogen and oxygen atoms in total. The van der Waals surface area contributed by atoms with E-state index in [9.17, 15) is 14.9 Å². The van der Waals surface area contributed by atoms with E-state index in [2.05, 4.69) is 5.32 Å². The Labute approximate surface area is 110 Å². The van der Waals surface area contributed by atoms with Crippen LogP contribution in [0.3, 0.4) is 0 Å². The number of aliphatic hydroxyl groups excluding tert-OH is 1. The molecule has 0 unspecified atom stereocenters. The molecule has 0 atom stereocenters. The summed E-state index contributed by atoms with van der Waals surface area (Å²) < 4.78 is 0. The van der Waals surface area contributed by atoms with Gasteiger partial charge in [0.1, 0.15) is 0 Å². The lowest BCUT2D eigenvalue weighted by Gasteiger charge is -2.12. The van der Waals surface area contributed by atoms with Gasteiger partial charge in [-0.15, -0.1) is 0 Å². The minimum Gasteiger partial charge on any atom is -0.396 e. The molecule has 1 aliphatic rings. The van der Waals surface area contributed by atoms with Crippen molar-refractivity contribution in [3.05, 3.63) is 39.4 Å². The third kappa shape index (κ3) is 2.90. The Hall–Kier alpha value is -1.95. The van der Waals surface area contributed by atoms with Crippen molar-refractivity contribution in [2.24, 2.45) is 5.41 Å². The normalized spacial score (nSPS) is 15.9. The molecule has 0 heterocycles. The van der Waals surface area contributed by atoms with Gasteiger partial charge in [0.2, 0.25) is 0 Å². The van der Waals surface area contributed by atoms with Crippen molar-refractivity contribution < 1.29 is 14.8 Å². The van der Waals surface area contributed by atoms with Crippen LogP contribution in [0, 0.1) is 22.5 Å². The summed E-state index contributed by atoms with van der Waals surface area (Å²) in [6.45, 7) is 2.12. The Balaban J connectivity index is 2.03. The van der Waals surface area contributed by atoms with Gasteiger partial charge in [0, 0.05) is 29.2 Å². The summed E-state index contributed by atoms with van der Waals surface area (Å²) in [5, 5.41) is 22.6. The van der Waals surface area contributed by atoms with Gasteiger partial charge in [-0.3, -0.25) is 14.9 Å². The summed E-state index contributed by atoms with van der Waals surface area (Å²) in [6.07, 6.45) is 1.84. The monoisotopic (exact) mass is 264 g/mol. The van der Waals surface area contributed by atoms with Gasteiger partial charge in [0.15, 0.2) is 0 Å². The van der Waals surface area contributed by atoms with Gasteiger partial charge in [0.25, 0.3) is 11.6 Å². The minimum absolute atomic E-state index is 0.00516. The van der Waals surface area contributed by atoms with E-state index in [-0.39, 0.29) is 23.6 Å². The average Bonchev–Trinajstić information content (AvgIpc) is 3.16. The number of hydrogen-bond donors (Lipinski definition) is 2. The first kappa shape index (κ1) is 13.5. The Morgan fingerprint density at radius 1 is 1.53 bits per heavy atom. The number of hydrogen-bond acceptors (Lipinski definition) is 4. The van der Waals surface area contributed by atoms with Crippen LogP contribution >= 0.6 is 0 Å². The Morgan fingerprint density at radius 2 is 2.21 bits per heavy atom. The molecule has 1 fully saturated rings. The van der Waals surface area contributed by atoms with Crippen LogP contribution in [-0.2, 0) is 0 Å². The maximum absolute atomic E-state index is 11.9. The van der Waals surface area contributed by atoms with Crippen molar-refractivity contribution in [2.75, 3.05) is 13.2 Å². The quantitative estimate of drug-likeness (QED) is 0.621. The largest absolute Gasteiger partial charge is 0.396 e. The fourth-order valence-corrected chi connectivity index (χ4v) is 1.94. The second kappa shape index (κ2) is 4.97. The van der Waals surface area contributed by atoms with Gasteiger partial charge in [-0.1, -0.05) is 0 Å². The predicted molar refractivity (Wildman–Crippen MR) is 68.9 cm³/mol. The summed E-state index contributed by atoms with van der Waals surface area (Å²) in [5.41, 5.74) is 0.717. The molecule has 0 aromatic heterocycles. The third-order valence-electron chi connectivity index (χ3n) is 3.57. The molecule has 2 N–H and O–H groups in total. The van der Waals surface area contributed by atoms with Crippen molar-refractivity contribution in [2.45, 2.75) is 19.8 Å². The molecule has 1 aliphatic carbocycles. The number of nitrogens with zero attached hydrogens (tertiary/aromatic N) is 1. The molecule has 1 saturated carbocycles. The van der Waals surface area contributed by atoms with Crippen LogP contribution in [0.25, 0.3) is 0 Å². The second-order valence-electron chi connectivity index (χ2n) is 5.10. The van der Waals surface area contributed by atoms with Crippen LogP contribution in [0.4, 0.5) is 5.69 Å². The Morgan fingerprint density at radius 3 is 2.68 bits per heavy atom. The molecule has 1 amide bonds. The zero-order chi connectivity index (χ0) is 14.0. The molecule has 0 aliphatic heterocycles. The summed E-state index contributed by atoms with van der Waals surface area (Å²) in [5.74, 6) is -0.266.